The van der Waals surface area contributed by atoms with Gasteiger partial charge in [-0.25, -0.2) is 0 Å². The van der Waals surface area contributed by atoms with Crippen LogP contribution in [0.3, 0.4) is 0 Å². The molecule has 0 amide bonds. The number of carbonyl (C=O) groups excluding carboxylic acids is 2. The topological polar surface area (TPSA) is 56.3 Å². The number of carbonyl (C=O) groups is 2. The third kappa shape index (κ3) is 3.87. The normalized spacial score (nSPS) is 43.6. The van der Waals surface area contributed by atoms with E-state index in [2.05, 4.69) is 65.6 Å². The maximum Gasteiger partial charge on any atom is 0.312 e. The van der Waals surface area contributed by atoms with Gasteiger partial charge in [0.2, 0.25) is 0 Å². The Labute approximate surface area is 247 Å². The second-order valence-corrected chi connectivity index (χ2v) is 16.5. The van der Waals surface area contributed by atoms with Crippen molar-refractivity contribution in [3.8, 4) is 0 Å². The predicted octanol–water partition coefficient (Wildman–Crippen LogP) is 8.62. The highest BCUT2D eigenvalue weighted by Gasteiger charge is 2.69. The van der Waals surface area contributed by atoms with E-state index in [4.69, 9.17) is 4.74 Å². The maximum atomic E-state index is 14.0. The number of ketones is 1. The van der Waals surface area contributed by atoms with Crippen LogP contribution in [0, 0.1) is 50.2 Å². The van der Waals surface area contributed by atoms with Crippen molar-refractivity contribution >= 4 is 17.8 Å². The maximum absolute atomic E-state index is 14.0. The summed E-state index contributed by atoms with van der Waals surface area (Å²) in [6.45, 7) is 16.8. The zero-order chi connectivity index (χ0) is 29.6. The molecule has 4 saturated carbocycles. The Morgan fingerprint density at radius 3 is 2.32 bits per heavy atom. The summed E-state index contributed by atoms with van der Waals surface area (Å²) in [6.07, 6.45) is 17.5. The summed E-state index contributed by atoms with van der Waals surface area (Å²) in [4.78, 5) is 31.7. The summed E-state index contributed by atoms with van der Waals surface area (Å²) in [7, 11) is 1.58. The van der Waals surface area contributed by atoms with E-state index in [0.29, 0.717) is 17.6 Å². The molecule has 0 aromatic carbocycles. The number of Topliss-reactive ketones (excluding diaryl/α,β-unsaturated/α-hetero) is 1. The Hall–Kier alpha value is -2.23. The van der Waals surface area contributed by atoms with Crippen molar-refractivity contribution in [1.82, 2.24) is 4.98 Å². The molecule has 1 aromatic rings. The average molecular weight is 558 g/mol. The number of rotatable bonds is 2. The molecule has 1 aromatic heterocycles. The third-order valence-electron chi connectivity index (χ3n) is 13.9. The Bertz CT molecular complexity index is 1320. The highest BCUT2D eigenvalue weighted by molar-refractivity contribution is 6.04. The number of hydrogen-bond donors (Lipinski definition) is 0. The SMILES string of the molecule is COC(=O)[C@]12CCC(C)(C)C[C@H]1C1=CC[C@@H]3[C@@]4(C)C/C(=C/c5ccncc5)C(=O)C(C)(C)[C@@H]4CC[C@@]3(C)[C@]1(C)CC2. The molecule has 5 aliphatic carbocycles. The van der Waals surface area contributed by atoms with E-state index >= 15 is 0 Å². The highest BCUT2D eigenvalue weighted by Crippen LogP contribution is 2.75. The summed E-state index contributed by atoms with van der Waals surface area (Å²) in [5, 5.41) is 0. The van der Waals surface area contributed by atoms with Crippen molar-refractivity contribution in [1.29, 1.82) is 0 Å². The van der Waals surface area contributed by atoms with Crippen molar-refractivity contribution < 1.29 is 14.3 Å². The summed E-state index contributed by atoms with van der Waals surface area (Å²) < 4.78 is 5.53. The van der Waals surface area contributed by atoms with Crippen molar-refractivity contribution in [3.63, 3.8) is 0 Å². The molecule has 0 unspecified atom stereocenters. The lowest BCUT2D eigenvalue weighted by Gasteiger charge is -2.70. The van der Waals surface area contributed by atoms with Gasteiger partial charge in [-0.15, -0.1) is 0 Å². The lowest BCUT2D eigenvalue weighted by Crippen LogP contribution is -2.65. The summed E-state index contributed by atoms with van der Waals surface area (Å²) in [5.74, 6) is 1.44. The molecule has 4 heteroatoms. The van der Waals surface area contributed by atoms with Crippen LogP contribution < -0.4 is 0 Å². The second-order valence-electron chi connectivity index (χ2n) is 16.5. The minimum atomic E-state index is -0.391. The van der Waals surface area contributed by atoms with Crippen molar-refractivity contribution in [2.75, 3.05) is 7.11 Å². The molecule has 0 N–H and O–H groups in total. The first-order valence-corrected chi connectivity index (χ1v) is 16.1. The van der Waals surface area contributed by atoms with Crippen LogP contribution in [0.5, 0.6) is 0 Å². The summed E-state index contributed by atoms with van der Waals surface area (Å²) in [6, 6.07) is 4.01. The van der Waals surface area contributed by atoms with Gasteiger partial charge in [-0.1, -0.05) is 60.1 Å². The fraction of sp³-hybridized carbons (Fsp3) is 0.703. The standard InChI is InChI=1S/C37H51NO3/c1-32(2)15-17-37(31(40)41-8)18-16-35(6)26(27(37)23-32)9-10-29-34(5)22-25(21-24-12-19-38-20-13-24)30(39)33(3,4)28(34)11-14-36(29,35)7/h9,12-13,19-21,27-29H,10-11,14-18,22-23H2,1-8H3/b25-21-/t27-,28-,29+,34-,35+,36+,37-/m0/s1. The number of esters is 1. The summed E-state index contributed by atoms with van der Waals surface area (Å²) >= 11 is 0. The smallest absolute Gasteiger partial charge is 0.312 e. The van der Waals surface area contributed by atoms with Crippen molar-refractivity contribution in [3.05, 3.63) is 47.3 Å². The molecule has 4 fully saturated rings. The number of methoxy groups -OCH3 is 1. The van der Waals surface area contributed by atoms with E-state index in [9.17, 15) is 9.59 Å². The lowest BCUT2D eigenvalue weighted by molar-refractivity contribution is -0.185. The zero-order valence-electron chi connectivity index (χ0n) is 26.7. The van der Waals surface area contributed by atoms with E-state index in [1.54, 1.807) is 12.7 Å². The van der Waals surface area contributed by atoms with Gasteiger partial charge in [-0.2, -0.15) is 0 Å². The number of pyridine rings is 1. The number of allylic oxidation sites excluding steroid dienone is 3. The molecule has 0 aliphatic heterocycles. The molecule has 7 atom stereocenters. The van der Waals surface area contributed by atoms with E-state index < -0.39 is 5.41 Å². The third-order valence-corrected chi connectivity index (χ3v) is 13.9. The minimum Gasteiger partial charge on any atom is -0.469 e. The number of ether oxygens (including phenoxy) is 1. The van der Waals surface area contributed by atoms with Crippen LogP contribution in [0.25, 0.3) is 6.08 Å². The van der Waals surface area contributed by atoms with Gasteiger partial charge in [0.25, 0.3) is 0 Å². The molecule has 0 bridgehead atoms. The molecular formula is C37H51NO3. The number of hydrogen-bond acceptors (Lipinski definition) is 4. The van der Waals surface area contributed by atoms with Crippen molar-refractivity contribution in [2.24, 2.45) is 50.2 Å². The Kier molecular flexibility index (Phi) is 6.43. The Morgan fingerprint density at radius 2 is 1.63 bits per heavy atom. The average Bonchev–Trinajstić information content (AvgIpc) is 2.92. The fourth-order valence-corrected chi connectivity index (χ4v) is 11.5. The van der Waals surface area contributed by atoms with E-state index in [0.717, 1.165) is 68.9 Å². The van der Waals surface area contributed by atoms with Crippen LogP contribution in [0.2, 0.25) is 0 Å². The van der Waals surface area contributed by atoms with E-state index in [1.807, 2.05) is 24.5 Å². The minimum absolute atomic E-state index is 0.0160. The van der Waals surface area contributed by atoms with Gasteiger partial charge in [0, 0.05) is 17.8 Å². The molecule has 6 rings (SSSR count). The van der Waals surface area contributed by atoms with Crippen LogP contribution in [-0.2, 0) is 14.3 Å². The molecule has 4 nitrogen and oxygen atoms in total. The van der Waals surface area contributed by atoms with Crippen LogP contribution in [0.1, 0.15) is 112 Å². The first-order valence-electron chi connectivity index (χ1n) is 16.1. The van der Waals surface area contributed by atoms with Crippen LogP contribution >= 0.6 is 0 Å². The number of fused-ring (bicyclic) bond motifs is 7. The molecule has 0 saturated heterocycles. The number of aromatic nitrogens is 1. The van der Waals surface area contributed by atoms with Crippen LogP contribution in [-0.4, -0.2) is 23.8 Å². The molecule has 222 valence electrons. The van der Waals surface area contributed by atoms with Gasteiger partial charge in [-0.05, 0) is 127 Å². The van der Waals surface area contributed by atoms with Crippen LogP contribution in [0.15, 0.2) is 41.7 Å². The molecular weight excluding hydrogens is 506 g/mol. The molecule has 0 radical (unpaired) electrons. The van der Waals surface area contributed by atoms with Gasteiger partial charge in [0.1, 0.15) is 0 Å². The molecule has 1 heterocycles. The second kappa shape index (κ2) is 9.13. The van der Waals surface area contributed by atoms with Gasteiger partial charge in [0.05, 0.1) is 12.5 Å². The lowest BCUT2D eigenvalue weighted by atomic mass is 9.33. The largest absolute Gasteiger partial charge is 0.469 e. The quantitative estimate of drug-likeness (QED) is 0.207. The first kappa shape index (κ1) is 28.9. The number of nitrogens with zero attached hydrogens (tertiary/aromatic N) is 1. The van der Waals surface area contributed by atoms with Gasteiger partial charge in [-0.3, -0.25) is 14.6 Å². The molecule has 41 heavy (non-hydrogen) atoms. The van der Waals surface area contributed by atoms with Crippen molar-refractivity contribution in [2.45, 2.75) is 106 Å². The summed E-state index contributed by atoms with van der Waals surface area (Å²) in [5.41, 5.74) is 3.24. The van der Waals surface area contributed by atoms with Gasteiger partial charge >= 0.3 is 5.97 Å². The van der Waals surface area contributed by atoms with Gasteiger partial charge in [0.15, 0.2) is 5.78 Å². The van der Waals surface area contributed by atoms with E-state index in [-0.39, 0.29) is 39.0 Å². The first-order chi connectivity index (χ1) is 19.1. The molecule has 5 aliphatic rings. The zero-order valence-corrected chi connectivity index (χ0v) is 26.7. The Balaban J connectivity index is 1.45. The highest BCUT2D eigenvalue weighted by atomic mass is 16.5. The van der Waals surface area contributed by atoms with E-state index in [1.165, 1.54) is 0 Å². The Morgan fingerprint density at radius 1 is 0.951 bits per heavy atom. The predicted molar refractivity (Wildman–Crippen MR) is 164 cm³/mol. The monoisotopic (exact) mass is 557 g/mol. The van der Waals surface area contributed by atoms with Crippen LogP contribution in [0.4, 0.5) is 0 Å². The van der Waals surface area contributed by atoms with Gasteiger partial charge < -0.3 is 4.74 Å². The fourth-order valence-electron chi connectivity index (χ4n) is 11.5. The molecule has 0 spiro atoms.